The third-order valence-electron chi connectivity index (χ3n) is 2.70. The van der Waals surface area contributed by atoms with Crippen LogP contribution in [0.15, 0.2) is 51.8 Å². The van der Waals surface area contributed by atoms with Crippen molar-refractivity contribution in [2.24, 2.45) is 0 Å². The molecule has 0 radical (unpaired) electrons. The van der Waals surface area contributed by atoms with Gasteiger partial charge in [-0.25, -0.2) is 8.42 Å². The first-order valence-electron chi connectivity index (χ1n) is 5.83. The number of nitro benzene ring substituents is 1. The quantitative estimate of drug-likeness (QED) is 0.658. The molecule has 0 fully saturated rings. The Morgan fingerprint density at radius 1 is 1.19 bits per heavy atom. The average molecular weight is 371 g/mol. The van der Waals surface area contributed by atoms with Crippen molar-refractivity contribution in [2.75, 3.05) is 4.72 Å². The highest BCUT2D eigenvalue weighted by Gasteiger charge is 2.21. The summed E-state index contributed by atoms with van der Waals surface area (Å²) in [6, 6.07) is 10.3. The van der Waals surface area contributed by atoms with Crippen LogP contribution in [0.2, 0.25) is 0 Å². The molecule has 110 valence electrons. The first kappa shape index (κ1) is 15.5. The molecule has 0 saturated carbocycles. The predicted molar refractivity (Wildman–Crippen MR) is 82.8 cm³/mol. The summed E-state index contributed by atoms with van der Waals surface area (Å²) in [7, 11) is -3.89. The van der Waals surface area contributed by atoms with Gasteiger partial charge in [0.1, 0.15) is 5.69 Å². The molecule has 0 atom stereocenters. The molecule has 0 aliphatic heterocycles. The minimum Gasteiger partial charge on any atom is -0.273 e. The monoisotopic (exact) mass is 370 g/mol. The lowest BCUT2D eigenvalue weighted by molar-refractivity contribution is -0.383. The van der Waals surface area contributed by atoms with E-state index < -0.39 is 14.9 Å². The molecule has 21 heavy (non-hydrogen) atoms. The SMILES string of the molecule is Cc1ccc([N+](=O)[O-])c(NS(=O)(=O)c2cccc(Br)c2)c1. The molecule has 8 heteroatoms. The Hall–Kier alpha value is -1.93. The summed E-state index contributed by atoms with van der Waals surface area (Å²) in [5, 5.41) is 11.0. The van der Waals surface area contributed by atoms with E-state index in [1.807, 2.05) is 0 Å². The number of hydrogen-bond acceptors (Lipinski definition) is 4. The molecule has 0 spiro atoms. The summed E-state index contributed by atoms with van der Waals surface area (Å²) in [6.45, 7) is 1.72. The van der Waals surface area contributed by atoms with E-state index in [4.69, 9.17) is 0 Å². The van der Waals surface area contributed by atoms with Gasteiger partial charge in [-0.2, -0.15) is 0 Å². The number of hydrogen-bond donors (Lipinski definition) is 1. The fourth-order valence-corrected chi connectivity index (χ4v) is 3.39. The fraction of sp³-hybridized carbons (Fsp3) is 0.0769. The van der Waals surface area contributed by atoms with Crippen LogP contribution in [0.4, 0.5) is 11.4 Å². The highest BCUT2D eigenvalue weighted by atomic mass is 79.9. The zero-order valence-electron chi connectivity index (χ0n) is 10.9. The van der Waals surface area contributed by atoms with Crippen molar-refractivity contribution in [1.82, 2.24) is 0 Å². The van der Waals surface area contributed by atoms with Crippen molar-refractivity contribution in [1.29, 1.82) is 0 Å². The van der Waals surface area contributed by atoms with Crippen molar-refractivity contribution >= 4 is 37.3 Å². The molecule has 2 rings (SSSR count). The van der Waals surface area contributed by atoms with Crippen LogP contribution in [0.3, 0.4) is 0 Å². The Labute approximate surface area is 130 Å². The van der Waals surface area contributed by atoms with E-state index in [0.717, 1.165) is 0 Å². The molecule has 6 nitrogen and oxygen atoms in total. The van der Waals surface area contributed by atoms with Gasteiger partial charge in [0.15, 0.2) is 0 Å². The van der Waals surface area contributed by atoms with Gasteiger partial charge in [-0.05, 0) is 36.8 Å². The van der Waals surface area contributed by atoms with E-state index in [9.17, 15) is 18.5 Å². The van der Waals surface area contributed by atoms with Gasteiger partial charge < -0.3 is 0 Å². The number of halogens is 1. The molecule has 0 aliphatic carbocycles. The van der Waals surface area contributed by atoms with Crippen LogP contribution in [-0.2, 0) is 10.0 Å². The third kappa shape index (κ3) is 3.59. The molecule has 0 amide bonds. The van der Waals surface area contributed by atoms with Gasteiger partial charge in [0.05, 0.1) is 9.82 Å². The molecular weight excluding hydrogens is 360 g/mol. The van der Waals surface area contributed by atoms with Crippen LogP contribution >= 0.6 is 15.9 Å². The zero-order chi connectivity index (χ0) is 15.6. The summed E-state index contributed by atoms with van der Waals surface area (Å²) in [5.41, 5.74) is 0.367. The highest BCUT2D eigenvalue weighted by molar-refractivity contribution is 9.10. The number of benzene rings is 2. The topological polar surface area (TPSA) is 89.3 Å². The van der Waals surface area contributed by atoms with E-state index in [1.165, 1.54) is 24.3 Å². The van der Waals surface area contributed by atoms with Gasteiger partial charge in [0.2, 0.25) is 0 Å². The Balaban J connectivity index is 2.46. The van der Waals surface area contributed by atoms with Gasteiger partial charge in [0.25, 0.3) is 15.7 Å². The molecular formula is C13H11BrN2O4S. The molecule has 2 aromatic carbocycles. The Morgan fingerprint density at radius 2 is 1.90 bits per heavy atom. The molecule has 1 N–H and O–H groups in total. The van der Waals surface area contributed by atoms with Crippen LogP contribution in [-0.4, -0.2) is 13.3 Å². The van der Waals surface area contributed by atoms with E-state index in [2.05, 4.69) is 20.7 Å². The van der Waals surface area contributed by atoms with E-state index in [1.54, 1.807) is 25.1 Å². The van der Waals surface area contributed by atoms with E-state index in [-0.39, 0.29) is 16.3 Å². The normalized spacial score (nSPS) is 11.1. The van der Waals surface area contributed by atoms with Crippen molar-refractivity contribution in [2.45, 2.75) is 11.8 Å². The Kier molecular flexibility index (Phi) is 4.29. The van der Waals surface area contributed by atoms with Crippen molar-refractivity contribution in [3.05, 3.63) is 62.6 Å². The van der Waals surface area contributed by atoms with Crippen LogP contribution in [0.1, 0.15) is 5.56 Å². The lowest BCUT2D eigenvalue weighted by Crippen LogP contribution is -2.14. The van der Waals surface area contributed by atoms with Crippen molar-refractivity contribution in [3.8, 4) is 0 Å². The summed E-state index contributed by atoms with van der Waals surface area (Å²) < 4.78 is 27.4. The maximum atomic E-state index is 12.3. The Bertz CT molecular complexity index is 806. The van der Waals surface area contributed by atoms with Gasteiger partial charge in [-0.1, -0.05) is 28.1 Å². The first-order valence-corrected chi connectivity index (χ1v) is 8.10. The zero-order valence-corrected chi connectivity index (χ0v) is 13.3. The maximum Gasteiger partial charge on any atom is 0.293 e. The number of anilines is 1. The molecule has 0 bridgehead atoms. The summed E-state index contributed by atoms with van der Waals surface area (Å²) >= 11 is 3.19. The highest BCUT2D eigenvalue weighted by Crippen LogP contribution is 2.28. The number of aryl methyl sites for hydroxylation is 1. The summed E-state index contributed by atoms with van der Waals surface area (Å²) in [6.07, 6.45) is 0. The Morgan fingerprint density at radius 3 is 2.52 bits per heavy atom. The van der Waals surface area contributed by atoms with Gasteiger partial charge in [-0.15, -0.1) is 0 Å². The second kappa shape index (κ2) is 5.82. The van der Waals surface area contributed by atoms with Gasteiger partial charge >= 0.3 is 0 Å². The lowest BCUT2D eigenvalue weighted by Gasteiger charge is -2.09. The first-order chi connectivity index (χ1) is 9.79. The molecule has 2 aromatic rings. The third-order valence-corrected chi connectivity index (χ3v) is 4.56. The number of nitro groups is 1. The molecule has 0 saturated heterocycles. The van der Waals surface area contributed by atoms with Crippen molar-refractivity contribution in [3.63, 3.8) is 0 Å². The maximum absolute atomic E-state index is 12.3. The number of nitrogens with zero attached hydrogens (tertiary/aromatic N) is 1. The van der Waals surface area contributed by atoms with Crippen LogP contribution in [0.5, 0.6) is 0 Å². The molecule has 0 unspecified atom stereocenters. The minimum atomic E-state index is -3.89. The standard InChI is InChI=1S/C13H11BrN2O4S/c1-9-5-6-13(16(17)18)12(7-9)15-21(19,20)11-4-2-3-10(14)8-11/h2-8,15H,1H3. The number of nitrogens with one attached hydrogen (secondary N) is 1. The number of rotatable bonds is 4. The summed E-state index contributed by atoms with van der Waals surface area (Å²) in [5.74, 6) is 0. The molecule has 0 aromatic heterocycles. The largest absolute Gasteiger partial charge is 0.293 e. The molecule has 0 aliphatic rings. The molecule has 0 heterocycles. The van der Waals surface area contributed by atoms with E-state index in [0.29, 0.717) is 10.0 Å². The van der Waals surface area contributed by atoms with Crippen molar-refractivity contribution < 1.29 is 13.3 Å². The minimum absolute atomic E-state index is 0.0210. The number of sulfonamides is 1. The predicted octanol–water partition coefficient (Wildman–Crippen LogP) is 3.47. The second-order valence-corrected chi connectivity index (χ2v) is 6.94. The van der Waals surface area contributed by atoms with Gasteiger partial charge in [0, 0.05) is 10.5 Å². The average Bonchev–Trinajstić information content (AvgIpc) is 2.38. The van der Waals surface area contributed by atoms with Crippen LogP contribution < -0.4 is 4.72 Å². The van der Waals surface area contributed by atoms with Crippen LogP contribution in [0, 0.1) is 17.0 Å². The van der Waals surface area contributed by atoms with E-state index >= 15 is 0 Å². The summed E-state index contributed by atoms with van der Waals surface area (Å²) in [4.78, 5) is 10.4. The fourth-order valence-electron chi connectivity index (χ4n) is 1.73. The van der Waals surface area contributed by atoms with Crippen LogP contribution in [0.25, 0.3) is 0 Å². The smallest absolute Gasteiger partial charge is 0.273 e. The van der Waals surface area contributed by atoms with Gasteiger partial charge in [-0.3, -0.25) is 14.8 Å². The lowest BCUT2D eigenvalue weighted by atomic mass is 10.2. The second-order valence-electron chi connectivity index (χ2n) is 4.34.